The van der Waals surface area contributed by atoms with E-state index in [2.05, 4.69) is 5.10 Å². The summed E-state index contributed by atoms with van der Waals surface area (Å²) < 4.78 is 20.7. The molecule has 1 aromatic carbocycles. The summed E-state index contributed by atoms with van der Waals surface area (Å²) in [6, 6.07) is 4.29. The monoisotopic (exact) mass is 297 g/mol. The van der Waals surface area contributed by atoms with Crippen LogP contribution in [-0.4, -0.2) is 23.5 Å². The van der Waals surface area contributed by atoms with Crippen LogP contribution in [0.2, 0.25) is 5.02 Å². The zero-order valence-electron chi connectivity index (χ0n) is 11.4. The van der Waals surface area contributed by atoms with Gasteiger partial charge in [-0.05, 0) is 18.6 Å². The van der Waals surface area contributed by atoms with Crippen molar-refractivity contribution in [2.45, 2.75) is 19.5 Å². The normalized spacial score (nSPS) is 12.7. The van der Waals surface area contributed by atoms with E-state index in [4.69, 9.17) is 22.1 Å². The number of benzene rings is 1. The van der Waals surface area contributed by atoms with Gasteiger partial charge in [0.2, 0.25) is 0 Å². The van der Waals surface area contributed by atoms with Gasteiger partial charge in [0.05, 0.1) is 36.1 Å². The van der Waals surface area contributed by atoms with Crippen molar-refractivity contribution < 1.29 is 9.13 Å². The van der Waals surface area contributed by atoms with Crippen LogP contribution in [-0.2, 0) is 11.3 Å². The van der Waals surface area contributed by atoms with Crippen LogP contribution in [0.5, 0.6) is 0 Å². The van der Waals surface area contributed by atoms with Crippen molar-refractivity contribution >= 4 is 11.6 Å². The van der Waals surface area contributed by atoms with Crippen molar-refractivity contribution in [1.29, 1.82) is 0 Å². The maximum absolute atomic E-state index is 14.0. The zero-order chi connectivity index (χ0) is 14.7. The minimum Gasteiger partial charge on any atom is -0.383 e. The molecule has 2 N–H and O–H groups in total. The average molecular weight is 298 g/mol. The first-order chi connectivity index (χ1) is 9.54. The molecule has 0 aliphatic heterocycles. The Morgan fingerprint density at radius 3 is 2.90 bits per heavy atom. The van der Waals surface area contributed by atoms with Gasteiger partial charge in [-0.2, -0.15) is 5.10 Å². The van der Waals surface area contributed by atoms with Gasteiger partial charge in [0.15, 0.2) is 0 Å². The molecule has 2 rings (SSSR count). The standard InChI is InChI=1S/C14H17ClFN3O/c1-9-3-4-10(12(16)7-9)13(17)14-11(15)8-18-19(14)5-6-20-2/h3-4,7-8,13H,5-6,17H2,1-2H3. The Bertz CT molecular complexity index is 600. The quantitative estimate of drug-likeness (QED) is 0.923. The summed E-state index contributed by atoms with van der Waals surface area (Å²) >= 11 is 6.13. The maximum Gasteiger partial charge on any atom is 0.128 e. The largest absolute Gasteiger partial charge is 0.383 e. The molecule has 0 aliphatic carbocycles. The first kappa shape index (κ1) is 15.0. The fourth-order valence-electron chi connectivity index (χ4n) is 2.07. The van der Waals surface area contributed by atoms with Crippen molar-refractivity contribution in [1.82, 2.24) is 9.78 Å². The van der Waals surface area contributed by atoms with E-state index >= 15 is 0 Å². The molecule has 108 valence electrons. The third-order valence-electron chi connectivity index (χ3n) is 3.13. The van der Waals surface area contributed by atoms with E-state index in [1.807, 2.05) is 13.0 Å². The molecule has 0 aliphatic rings. The molecule has 20 heavy (non-hydrogen) atoms. The molecule has 0 fully saturated rings. The smallest absolute Gasteiger partial charge is 0.128 e. The summed E-state index contributed by atoms with van der Waals surface area (Å²) in [5.74, 6) is -0.340. The lowest BCUT2D eigenvalue weighted by Gasteiger charge is -2.16. The van der Waals surface area contributed by atoms with Crippen LogP contribution >= 0.6 is 11.6 Å². The highest BCUT2D eigenvalue weighted by molar-refractivity contribution is 6.31. The third-order valence-corrected chi connectivity index (χ3v) is 3.42. The molecule has 4 nitrogen and oxygen atoms in total. The van der Waals surface area contributed by atoms with Crippen LogP contribution in [0.25, 0.3) is 0 Å². The average Bonchev–Trinajstić information content (AvgIpc) is 2.77. The second kappa shape index (κ2) is 6.35. The number of nitrogens with zero attached hydrogens (tertiary/aromatic N) is 2. The Balaban J connectivity index is 2.37. The molecule has 6 heteroatoms. The lowest BCUT2D eigenvalue weighted by Crippen LogP contribution is -2.20. The predicted octanol–water partition coefficient (Wildman–Crippen LogP) is 2.68. The summed E-state index contributed by atoms with van der Waals surface area (Å²) in [4.78, 5) is 0. The molecule has 0 saturated carbocycles. The van der Waals surface area contributed by atoms with Gasteiger partial charge in [-0.1, -0.05) is 23.7 Å². The molecule has 0 bridgehead atoms. The number of rotatable bonds is 5. The molecule has 1 unspecified atom stereocenters. The molecular formula is C14H17ClFN3O. The summed E-state index contributed by atoms with van der Waals surface area (Å²) in [7, 11) is 1.60. The van der Waals surface area contributed by atoms with Gasteiger partial charge in [0, 0.05) is 12.7 Å². The number of hydrogen-bond acceptors (Lipinski definition) is 3. The molecule has 0 spiro atoms. The summed E-state index contributed by atoms with van der Waals surface area (Å²) in [5, 5.41) is 4.57. The number of aromatic nitrogens is 2. The van der Waals surface area contributed by atoms with E-state index in [0.29, 0.717) is 29.4 Å². The van der Waals surface area contributed by atoms with Crippen LogP contribution in [0.1, 0.15) is 22.9 Å². The van der Waals surface area contributed by atoms with Gasteiger partial charge in [-0.15, -0.1) is 0 Å². The van der Waals surface area contributed by atoms with Gasteiger partial charge in [-0.3, -0.25) is 4.68 Å². The van der Waals surface area contributed by atoms with E-state index in [9.17, 15) is 4.39 Å². The molecule has 0 saturated heterocycles. The molecule has 1 aromatic heterocycles. The zero-order valence-corrected chi connectivity index (χ0v) is 12.2. The van der Waals surface area contributed by atoms with E-state index in [0.717, 1.165) is 5.56 Å². The van der Waals surface area contributed by atoms with Crippen LogP contribution < -0.4 is 5.73 Å². The highest BCUT2D eigenvalue weighted by atomic mass is 35.5. The van der Waals surface area contributed by atoms with E-state index in [-0.39, 0.29) is 5.82 Å². The lowest BCUT2D eigenvalue weighted by molar-refractivity contribution is 0.182. The number of aryl methyl sites for hydroxylation is 1. The van der Waals surface area contributed by atoms with E-state index in [1.165, 1.54) is 12.3 Å². The van der Waals surface area contributed by atoms with Crippen LogP contribution in [0.15, 0.2) is 24.4 Å². The van der Waals surface area contributed by atoms with Crippen molar-refractivity contribution in [3.63, 3.8) is 0 Å². The third kappa shape index (κ3) is 3.00. The highest BCUT2D eigenvalue weighted by Gasteiger charge is 2.21. The van der Waals surface area contributed by atoms with Gasteiger partial charge < -0.3 is 10.5 Å². The summed E-state index contributed by atoms with van der Waals surface area (Å²) in [5.41, 5.74) is 7.99. The number of methoxy groups -OCH3 is 1. The summed E-state index contributed by atoms with van der Waals surface area (Å²) in [6.07, 6.45) is 1.51. The van der Waals surface area contributed by atoms with Gasteiger partial charge >= 0.3 is 0 Å². The Labute approximate surface area is 122 Å². The number of hydrogen-bond donors (Lipinski definition) is 1. The van der Waals surface area contributed by atoms with Crippen LogP contribution in [0.3, 0.4) is 0 Å². The Kier molecular flexibility index (Phi) is 4.75. The Morgan fingerprint density at radius 1 is 1.50 bits per heavy atom. The van der Waals surface area contributed by atoms with Crippen molar-refractivity contribution in [3.8, 4) is 0 Å². The minimum absolute atomic E-state index is 0.340. The summed E-state index contributed by atoms with van der Waals surface area (Å²) in [6.45, 7) is 2.82. The number of nitrogens with two attached hydrogens (primary N) is 1. The van der Waals surface area contributed by atoms with E-state index in [1.54, 1.807) is 17.9 Å². The van der Waals surface area contributed by atoms with Gasteiger partial charge in [0.25, 0.3) is 0 Å². The molecule has 0 amide bonds. The number of ether oxygens (including phenoxy) is 1. The predicted molar refractivity (Wildman–Crippen MR) is 76.3 cm³/mol. The Morgan fingerprint density at radius 2 is 2.25 bits per heavy atom. The molecular weight excluding hydrogens is 281 g/mol. The molecule has 0 radical (unpaired) electrons. The van der Waals surface area contributed by atoms with E-state index < -0.39 is 6.04 Å². The first-order valence-electron chi connectivity index (χ1n) is 6.26. The van der Waals surface area contributed by atoms with Gasteiger partial charge in [0.1, 0.15) is 5.82 Å². The van der Waals surface area contributed by atoms with Crippen molar-refractivity contribution in [2.75, 3.05) is 13.7 Å². The molecule has 2 aromatic rings. The topological polar surface area (TPSA) is 53.1 Å². The highest BCUT2D eigenvalue weighted by Crippen LogP contribution is 2.28. The van der Waals surface area contributed by atoms with Crippen molar-refractivity contribution in [2.24, 2.45) is 5.73 Å². The van der Waals surface area contributed by atoms with Crippen LogP contribution in [0, 0.1) is 12.7 Å². The fourth-order valence-corrected chi connectivity index (χ4v) is 2.33. The molecule has 1 heterocycles. The molecule has 1 atom stereocenters. The lowest BCUT2D eigenvalue weighted by atomic mass is 10.0. The maximum atomic E-state index is 14.0. The minimum atomic E-state index is -0.664. The SMILES string of the molecule is COCCn1ncc(Cl)c1C(N)c1ccc(C)cc1F. The van der Waals surface area contributed by atoms with Gasteiger partial charge in [-0.25, -0.2) is 4.39 Å². The first-order valence-corrected chi connectivity index (χ1v) is 6.64. The fraction of sp³-hybridized carbons (Fsp3) is 0.357. The Hall–Kier alpha value is -1.43. The second-order valence-electron chi connectivity index (χ2n) is 4.60. The number of halogens is 2. The van der Waals surface area contributed by atoms with Crippen LogP contribution in [0.4, 0.5) is 4.39 Å². The van der Waals surface area contributed by atoms with Crippen molar-refractivity contribution in [3.05, 3.63) is 52.1 Å². The second-order valence-corrected chi connectivity index (χ2v) is 5.00.